The van der Waals surface area contributed by atoms with Crippen LogP contribution >= 0.6 is 0 Å². The van der Waals surface area contributed by atoms with E-state index in [4.69, 9.17) is 0 Å². The van der Waals surface area contributed by atoms with Crippen molar-refractivity contribution in [2.45, 2.75) is 45.1 Å². The lowest BCUT2D eigenvalue weighted by Crippen LogP contribution is -2.38. The van der Waals surface area contributed by atoms with Gasteiger partial charge in [-0.3, -0.25) is 4.79 Å². The first-order valence-electron chi connectivity index (χ1n) is 8.45. The van der Waals surface area contributed by atoms with E-state index in [1.54, 1.807) is 12.4 Å². The van der Waals surface area contributed by atoms with Gasteiger partial charge in [-0.1, -0.05) is 19.9 Å². The number of amides is 1. The molecule has 0 N–H and O–H groups in total. The van der Waals surface area contributed by atoms with Crippen LogP contribution in [-0.4, -0.2) is 38.2 Å². The van der Waals surface area contributed by atoms with Gasteiger partial charge in [-0.15, -0.1) is 0 Å². The minimum absolute atomic E-state index is 0.142. The van der Waals surface area contributed by atoms with Crippen molar-refractivity contribution in [2.75, 3.05) is 6.54 Å². The van der Waals surface area contributed by atoms with Crippen molar-refractivity contribution in [3.05, 3.63) is 41.9 Å². The standard InChI is InChI=1S/C18H22N4O/c1-12(2)17-15(10-20-22(17)16-5-3-4-8-19-16)18(23)21-11-13-6-7-14(21)9-13/h3-5,8,10,12-14H,6-7,9,11H2,1-2H3. The Balaban J connectivity index is 1.72. The Kier molecular flexibility index (Phi) is 3.43. The maximum Gasteiger partial charge on any atom is 0.257 e. The summed E-state index contributed by atoms with van der Waals surface area (Å²) in [6.07, 6.45) is 7.08. The second kappa shape index (κ2) is 5.48. The van der Waals surface area contributed by atoms with Crippen molar-refractivity contribution >= 4 is 5.91 Å². The van der Waals surface area contributed by atoms with E-state index >= 15 is 0 Å². The molecule has 2 bridgehead atoms. The third kappa shape index (κ3) is 2.35. The molecule has 5 nitrogen and oxygen atoms in total. The molecular formula is C18H22N4O. The number of likely N-dealkylation sites (tertiary alicyclic amines) is 1. The van der Waals surface area contributed by atoms with Gasteiger partial charge in [0.15, 0.2) is 5.82 Å². The van der Waals surface area contributed by atoms with Crippen LogP contribution in [0.3, 0.4) is 0 Å². The second-order valence-corrected chi connectivity index (χ2v) is 6.99. The summed E-state index contributed by atoms with van der Waals surface area (Å²) in [5.41, 5.74) is 1.69. The Bertz CT molecular complexity index is 722. The van der Waals surface area contributed by atoms with Gasteiger partial charge in [-0.05, 0) is 43.2 Å². The van der Waals surface area contributed by atoms with Crippen LogP contribution in [0.2, 0.25) is 0 Å². The number of rotatable bonds is 3. The third-order valence-electron chi connectivity index (χ3n) is 5.12. The molecule has 4 rings (SSSR count). The molecule has 1 saturated carbocycles. The summed E-state index contributed by atoms with van der Waals surface area (Å²) in [5, 5.41) is 4.47. The van der Waals surface area contributed by atoms with Gasteiger partial charge in [0.2, 0.25) is 0 Å². The molecular weight excluding hydrogens is 288 g/mol. The Morgan fingerprint density at radius 3 is 2.78 bits per heavy atom. The maximum atomic E-state index is 13.1. The lowest BCUT2D eigenvalue weighted by molar-refractivity contribution is 0.0702. The molecule has 1 amide bonds. The van der Waals surface area contributed by atoms with E-state index in [2.05, 4.69) is 28.8 Å². The van der Waals surface area contributed by atoms with Gasteiger partial charge in [-0.2, -0.15) is 5.10 Å². The van der Waals surface area contributed by atoms with Crippen LogP contribution in [0.5, 0.6) is 0 Å². The van der Waals surface area contributed by atoms with Crippen LogP contribution < -0.4 is 0 Å². The highest BCUT2D eigenvalue weighted by atomic mass is 16.2. The van der Waals surface area contributed by atoms with Crippen LogP contribution in [0.25, 0.3) is 5.82 Å². The van der Waals surface area contributed by atoms with Gasteiger partial charge in [0.05, 0.1) is 17.5 Å². The minimum atomic E-state index is 0.142. The number of hydrogen-bond donors (Lipinski definition) is 0. The molecule has 120 valence electrons. The topological polar surface area (TPSA) is 51.0 Å². The second-order valence-electron chi connectivity index (χ2n) is 6.99. The van der Waals surface area contributed by atoms with Gasteiger partial charge < -0.3 is 4.90 Å². The summed E-state index contributed by atoms with van der Waals surface area (Å²) < 4.78 is 1.81. The quantitative estimate of drug-likeness (QED) is 0.875. The van der Waals surface area contributed by atoms with E-state index in [9.17, 15) is 4.79 Å². The van der Waals surface area contributed by atoms with Crippen LogP contribution in [0.4, 0.5) is 0 Å². The van der Waals surface area contributed by atoms with Crippen molar-refractivity contribution in [1.82, 2.24) is 19.7 Å². The largest absolute Gasteiger partial charge is 0.335 e. The van der Waals surface area contributed by atoms with Gasteiger partial charge in [0.1, 0.15) is 0 Å². The van der Waals surface area contributed by atoms with Crippen LogP contribution in [0, 0.1) is 5.92 Å². The zero-order valence-electron chi connectivity index (χ0n) is 13.6. The highest BCUT2D eigenvalue weighted by Crippen LogP contribution is 2.38. The van der Waals surface area contributed by atoms with E-state index in [-0.39, 0.29) is 11.8 Å². The molecule has 1 aliphatic carbocycles. The van der Waals surface area contributed by atoms with Gasteiger partial charge in [0.25, 0.3) is 5.91 Å². The van der Waals surface area contributed by atoms with Crippen molar-refractivity contribution in [1.29, 1.82) is 0 Å². The molecule has 0 spiro atoms. The van der Waals surface area contributed by atoms with E-state index in [0.29, 0.717) is 12.0 Å². The number of carbonyl (C=O) groups excluding carboxylic acids is 1. The van der Waals surface area contributed by atoms with Crippen LogP contribution in [0.1, 0.15) is 55.1 Å². The minimum Gasteiger partial charge on any atom is -0.335 e. The Hall–Kier alpha value is -2.17. The Morgan fingerprint density at radius 2 is 2.17 bits per heavy atom. The molecule has 23 heavy (non-hydrogen) atoms. The van der Waals surface area contributed by atoms with Crippen molar-refractivity contribution in [3.63, 3.8) is 0 Å². The fourth-order valence-electron chi connectivity index (χ4n) is 4.07. The summed E-state index contributed by atoms with van der Waals surface area (Å²) in [6, 6.07) is 6.18. The monoisotopic (exact) mass is 310 g/mol. The third-order valence-corrected chi connectivity index (χ3v) is 5.12. The zero-order chi connectivity index (χ0) is 16.0. The number of pyridine rings is 1. The van der Waals surface area contributed by atoms with E-state index < -0.39 is 0 Å². The number of carbonyl (C=O) groups is 1. The summed E-state index contributed by atoms with van der Waals surface area (Å²) in [4.78, 5) is 19.5. The van der Waals surface area contributed by atoms with Crippen molar-refractivity contribution in [3.8, 4) is 5.82 Å². The van der Waals surface area contributed by atoms with Gasteiger partial charge in [-0.25, -0.2) is 9.67 Å². The van der Waals surface area contributed by atoms with E-state index in [1.807, 2.05) is 22.9 Å². The molecule has 2 aliphatic rings. The average Bonchev–Trinajstić information content (AvgIpc) is 3.29. The van der Waals surface area contributed by atoms with Gasteiger partial charge >= 0.3 is 0 Å². The van der Waals surface area contributed by atoms with Gasteiger partial charge in [0, 0.05) is 18.8 Å². The molecule has 2 aromatic heterocycles. The SMILES string of the molecule is CC(C)c1c(C(=O)N2CC3CCC2C3)cnn1-c1ccccn1. The van der Waals surface area contributed by atoms with E-state index in [1.165, 1.54) is 12.8 Å². The average molecular weight is 310 g/mol. The maximum absolute atomic E-state index is 13.1. The molecule has 0 radical (unpaired) electrons. The zero-order valence-corrected chi connectivity index (χ0v) is 13.6. The van der Waals surface area contributed by atoms with Crippen molar-refractivity contribution in [2.24, 2.45) is 5.92 Å². The summed E-state index contributed by atoms with van der Waals surface area (Å²) >= 11 is 0. The predicted molar refractivity (Wildman–Crippen MR) is 87.6 cm³/mol. The first-order chi connectivity index (χ1) is 11.1. The van der Waals surface area contributed by atoms with Crippen LogP contribution in [-0.2, 0) is 0 Å². The summed E-state index contributed by atoms with van der Waals surface area (Å²) in [6.45, 7) is 5.11. The predicted octanol–water partition coefficient (Wildman–Crippen LogP) is 3.02. The van der Waals surface area contributed by atoms with Crippen LogP contribution in [0.15, 0.2) is 30.6 Å². The summed E-state index contributed by atoms with van der Waals surface area (Å²) in [7, 11) is 0. The normalized spacial score (nSPS) is 23.0. The number of nitrogens with zero attached hydrogens (tertiary/aromatic N) is 4. The highest BCUT2D eigenvalue weighted by Gasteiger charge is 2.41. The Morgan fingerprint density at radius 1 is 1.30 bits per heavy atom. The molecule has 2 fully saturated rings. The highest BCUT2D eigenvalue weighted by molar-refractivity contribution is 5.96. The van der Waals surface area contributed by atoms with Crippen molar-refractivity contribution < 1.29 is 4.79 Å². The fourth-order valence-corrected chi connectivity index (χ4v) is 4.07. The fraction of sp³-hybridized carbons (Fsp3) is 0.500. The molecule has 0 aromatic carbocycles. The molecule has 2 aromatic rings. The molecule has 3 heterocycles. The summed E-state index contributed by atoms with van der Waals surface area (Å²) in [5.74, 6) is 1.82. The molecule has 2 atom stereocenters. The van der Waals surface area contributed by atoms with E-state index in [0.717, 1.165) is 30.0 Å². The number of fused-ring (bicyclic) bond motifs is 2. The Labute approximate surface area is 136 Å². The number of piperidine rings is 1. The lowest BCUT2D eigenvalue weighted by Gasteiger charge is -2.27. The molecule has 1 aliphatic heterocycles. The lowest BCUT2D eigenvalue weighted by atomic mass is 10.0. The smallest absolute Gasteiger partial charge is 0.257 e. The molecule has 2 unspecified atom stereocenters. The first kappa shape index (κ1) is 14.4. The molecule has 1 saturated heterocycles. The molecule has 5 heteroatoms. The number of hydrogen-bond acceptors (Lipinski definition) is 3. The first-order valence-corrected chi connectivity index (χ1v) is 8.45. The number of aromatic nitrogens is 3.